The van der Waals surface area contributed by atoms with Crippen LogP contribution in [0.4, 0.5) is 0 Å². The molecule has 0 aliphatic heterocycles. The second-order valence-corrected chi connectivity index (χ2v) is 5.79. The Hall–Kier alpha value is -1.78. The van der Waals surface area contributed by atoms with Gasteiger partial charge in [0.2, 0.25) is 5.91 Å². The summed E-state index contributed by atoms with van der Waals surface area (Å²) in [6.07, 6.45) is 0.638. The lowest BCUT2D eigenvalue weighted by Gasteiger charge is -2.16. The molecule has 0 bridgehead atoms. The van der Waals surface area contributed by atoms with Gasteiger partial charge in [0.15, 0.2) is 0 Å². The van der Waals surface area contributed by atoms with E-state index in [9.17, 15) is 9.90 Å². The summed E-state index contributed by atoms with van der Waals surface area (Å²) in [5.74, 6) is 0.300. The molecule has 0 aliphatic carbocycles. The number of amides is 1. The van der Waals surface area contributed by atoms with Crippen LogP contribution in [0.3, 0.4) is 0 Å². The molecule has 110 valence electrons. The number of benzene rings is 2. The minimum atomic E-state index is -0.240. The minimum Gasteiger partial charge on any atom is -0.394 e. The molecule has 0 heterocycles. The van der Waals surface area contributed by atoms with E-state index >= 15 is 0 Å². The monoisotopic (exact) mass is 301 g/mol. The number of carbonyl (C=O) groups is 1. The van der Waals surface area contributed by atoms with Crippen molar-refractivity contribution >= 4 is 17.7 Å². The highest BCUT2D eigenvalue weighted by Crippen LogP contribution is 2.16. The van der Waals surface area contributed by atoms with E-state index in [1.165, 1.54) is 11.8 Å². The summed E-state index contributed by atoms with van der Waals surface area (Å²) in [6, 6.07) is 19.4. The fourth-order valence-electron chi connectivity index (χ4n) is 1.99. The Bertz CT molecular complexity index is 545. The van der Waals surface area contributed by atoms with E-state index in [1.807, 2.05) is 60.7 Å². The molecule has 0 saturated heterocycles. The summed E-state index contributed by atoms with van der Waals surface area (Å²) in [5, 5.41) is 12.3. The highest BCUT2D eigenvalue weighted by atomic mass is 32.2. The van der Waals surface area contributed by atoms with Crippen molar-refractivity contribution in [2.75, 3.05) is 12.4 Å². The molecule has 3 nitrogen and oxygen atoms in total. The second-order valence-electron chi connectivity index (χ2n) is 4.74. The van der Waals surface area contributed by atoms with Gasteiger partial charge >= 0.3 is 0 Å². The first-order chi connectivity index (χ1) is 10.3. The van der Waals surface area contributed by atoms with E-state index in [1.54, 1.807) is 0 Å². The molecular formula is C17H19NO2S. The van der Waals surface area contributed by atoms with Crippen LogP contribution < -0.4 is 5.32 Å². The van der Waals surface area contributed by atoms with Gasteiger partial charge in [0.05, 0.1) is 18.4 Å². The van der Waals surface area contributed by atoms with E-state index in [0.29, 0.717) is 12.2 Å². The van der Waals surface area contributed by atoms with Crippen LogP contribution in [0.15, 0.2) is 65.6 Å². The van der Waals surface area contributed by atoms with Gasteiger partial charge < -0.3 is 10.4 Å². The van der Waals surface area contributed by atoms with Crippen LogP contribution in [0.1, 0.15) is 5.56 Å². The minimum absolute atomic E-state index is 0.0566. The Kier molecular flexibility index (Phi) is 6.31. The lowest BCUT2D eigenvalue weighted by molar-refractivity contribution is -0.119. The molecule has 0 radical (unpaired) electrons. The Morgan fingerprint density at radius 1 is 1.05 bits per heavy atom. The Labute approximate surface area is 129 Å². The lowest BCUT2D eigenvalue weighted by atomic mass is 10.1. The third-order valence-corrected chi connectivity index (χ3v) is 4.04. The zero-order valence-electron chi connectivity index (χ0n) is 11.7. The third kappa shape index (κ3) is 5.61. The molecule has 2 aromatic carbocycles. The number of hydrogen-bond acceptors (Lipinski definition) is 3. The van der Waals surface area contributed by atoms with Gasteiger partial charge in [-0.25, -0.2) is 0 Å². The zero-order valence-corrected chi connectivity index (χ0v) is 12.6. The molecule has 21 heavy (non-hydrogen) atoms. The van der Waals surface area contributed by atoms with E-state index < -0.39 is 0 Å². The standard InChI is InChI=1S/C17H19NO2S/c19-12-15(11-14-7-3-1-4-8-14)18-17(20)13-21-16-9-5-2-6-10-16/h1-10,15,19H,11-13H2,(H,18,20). The molecule has 1 amide bonds. The quantitative estimate of drug-likeness (QED) is 0.773. The van der Waals surface area contributed by atoms with Crippen LogP contribution in [0.2, 0.25) is 0 Å². The first kappa shape index (κ1) is 15.6. The second kappa shape index (κ2) is 8.49. The summed E-state index contributed by atoms with van der Waals surface area (Å²) >= 11 is 1.49. The summed E-state index contributed by atoms with van der Waals surface area (Å²) < 4.78 is 0. The molecule has 0 aliphatic rings. The fraction of sp³-hybridized carbons (Fsp3) is 0.235. The topological polar surface area (TPSA) is 49.3 Å². The van der Waals surface area contributed by atoms with Gasteiger partial charge in [-0.2, -0.15) is 0 Å². The Morgan fingerprint density at radius 2 is 1.67 bits per heavy atom. The van der Waals surface area contributed by atoms with Crippen LogP contribution in [0, 0.1) is 0 Å². The number of carbonyl (C=O) groups excluding carboxylic acids is 1. The maximum atomic E-state index is 11.9. The van der Waals surface area contributed by atoms with E-state index in [2.05, 4.69) is 5.32 Å². The van der Waals surface area contributed by atoms with Crippen molar-refractivity contribution in [3.05, 3.63) is 66.2 Å². The smallest absolute Gasteiger partial charge is 0.230 e. The average molecular weight is 301 g/mol. The van der Waals surface area contributed by atoms with Crippen molar-refractivity contribution in [3.63, 3.8) is 0 Å². The van der Waals surface area contributed by atoms with Gasteiger partial charge in [-0.3, -0.25) is 4.79 Å². The Balaban J connectivity index is 1.80. The summed E-state index contributed by atoms with van der Waals surface area (Å²) in [4.78, 5) is 13.0. The van der Waals surface area contributed by atoms with Gasteiger partial charge in [-0.1, -0.05) is 48.5 Å². The highest BCUT2D eigenvalue weighted by Gasteiger charge is 2.12. The number of aliphatic hydroxyl groups is 1. The molecule has 2 aromatic rings. The molecule has 0 spiro atoms. The molecule has 2 rings (SSSR count). The van der Waals surface area contributed by atoms with E-state index in [-0.39, 0.29) is 18.6 Å². The number of hydrogen-bond donors (Lipinski definition) is 2. The first-order valence-corrected chi connectivity index (χ1v) is 7.88. The zero-order chi connectivity index (χ0) is 14.9. The molecule has 2 N–H and O–H groups in total. The van der Waals surface area contributed by atoms with E-state index in [0.717, 1.165) is 10.5 Å². The van der Waals surface area contributed by atoms with Crippen molar-refractivity contribution < 1.29 is 9.90 Å². The Morgan fingerprint density at radius 3 is 2.29 bits per heavy atom. The lowest BCUT2D eigenvalue weighted by Crippen LogP contribution is -2.40. The van der Waals surface area contributed by atoms with Gasteiger partial charge in [0.25, 0.3) is 0 Å². The van der Waals surface area contributed by atoms with Crippen molar-refractivity contribution in [1.82, 2.24) is 5.32 Å². The third-order valence-electron chi connectivity index (χ3n) is 3.02. The summed E-state index contributed by atoms with van der Waals surface area (Å²) in [7, 11) is 0. The van der Waals surface area contributed by atoms with Crippen molar-refractivity contribution in [3.8, 4) is 0 Å². The largest absolute Gasteiger partial charge is 0.394 e. The predicted molar refractivity (Wildman–Crippen MR) is 86.3 cm³/mol. The molecule has 0 aromatic heterocycles. The van der Waals surface area contributed by atoms with Gasteiger partial charge in [0.1, 0.15) is 0 Å². The average Bonchev–Trinajstić information content (AvgIpc) is 2.54. The van der Waals surface area contributed by atoms with Crippen molar-refractivity contribution in [1.29, 1.82) is 0 Å². The summed E-state index contributed by atoms with van der Waals surface area (Å²) in [5.41, 5.74) is 1.10. The molecule has 0 fully saturated rings. The van der Waals surface area contributed by atoms with Crippen molar-refractivity contribution in [2.24, 2.45) is 0 Å². The fourth-order valence-corrected chi connectivity index (χ4v) is 2.73. The van der Waals surface area contributed by atoms with Crippen LogP contribution in [-0.4, -0.2) is 29.4 Å². The summed E-state index contributed by atoms with van der Waals surface area (Å²) in [6.45, 7) is -0.0589. The highest BCUT2D eigenvalue weighted by molar-refractivity contribution is 8.00. The molecule has 4 heteroatoms. The molecule has 1 unspecified atom stereocenters. The van der Waals surface area contributed by atoms with Crippen LogP contribution in [0.5, 0.6) is 0 Å². The first-order valence-electron chi connectivity index (χ1n) is 6.90. The van der Waals surface area contributed by atoms with Crippen LogP contribution in [-0.2, 0) is 11.2 Å². The van der Waals surface area contributed by atoms with E-state index in [4.69, 9.17) is 0 Å². The number of rotatable bonds is 7. The molecule has 0 saturated carbocycles. The molecule has 1 atom stereocenters. The predicted octanol–water partition coefficient (Wildman–Crippen LogP) is 2.50. The van der Waals surface area contributed by atoms with Gasteiger partial charge in [-0.15, -0.1) is 11.8 Å². The van der Waals surface area contributed by atoms with Gasteiger partial charge in [-0.05, 0) is 24.1 Å². The number of thioether (sulfide) groups is 1. The number of aliphatic hydroxyl groups excluding tert-OH is 1. The maximum absolute atomic E-state index is 11.9. The van der Waals surface area contributed by atoms with Crippen LogP contribution in [0.25, 0.3) is 0 Å². The van der Waals surface area contributed by atoms with Gasteiger partial charge in [0, 0.05) is 4.90 Å². The van der Waals surface area contributed by atoms with Crippen LogP contribution >= 0.6 is 11.8 Å². The molecular weight excluding hydrogens is 282 g/mol. The SMILES string of the molecule is O=C(CSc1ccccc1)NC(CO)Cc1ccccc1. The normalized spacial score (nSPS) is 11.9. The van der Waals surface area contributed by atoms with Crippen molar-refractivity contribution in [2.45, 2.75) is 17.4 Å². The maximum Gasteiger partial charge on any atom is 0.230 e. The number of nitrogens with one attached hydrogen (secondary N) is 1.